The Kier molecular flexibility index (Phi) is 6.00. The van der Waals surface area contributed by atoms with E-state index < -0.39 is 6.04 Å². The van der Waals surface area contributed by atoms with Gasteiger partial charge in [0.15, 0.2) is 0 Å². The van der Waals surface area contributed by atoms with Gasteiger partial charge < -0.3 is 19.9 Å². The average Bonchev–Trinajstić information content (AvgIpc) is 3.08. The van der Waals surface area contributed by atoms with E-state index >= 15 is 0 Å². The van der Waals surface area contributed by atoms with Crippen molar-refractivity contribution < 1.29 is 19.1 Å². The first-order chi connectivity index (χ1) is 14.9. The quantitative estimate of drug-likeness (QED) is 0.778. The van der Waals surface area contributed by atoms with Crippen LogP contribution in [0, 0.1) is 13.8 Å². The maximum absolute atomic E-state index is 13.4. The Morgan fingerprint density at radius 3 is 2.61 bits per heavy atom. The zero-order valence-corrected chi connectivity index (χ0v) is 18.4. The molecule has 0 aliphatic carbocycles. The molecule has 4 amide bonds. The third-order valence-corrected chi connectivity index (χ3v) is 6.31. The van der Waals surface area contributed by atoms with Gasteiger partial charge in [-0.15, -0.1) is 0 Å². The molecule has 1 fully saturated rings. The van der Waals surface area contributed by atoms with Crippen molar-refractivity contribution in [2.24, 2.45) is 0 Å². The zero-order valence-electron chi connectivity index (χ0n) is 18.4. The third-order valence-electron chi connectivity index (χ3n) is 6.31. The van der Waals surface area contributed by atoms with Crippen LogP contribution in [0.25, 0.3) is 0 Å². The molecule has 0 radical (unpaired) electrons. The number of urea groups is 1. The van der Waals surface area contributed by atoms with Gasteiger partial charge >= 0.3 is 6.03 Å². The molecule has 0 bridgehead atoms. The molecule has 31 heavy (non-hydrogen) atoms. The van der Waals surface area contributed by atoms with Gasteiger partial charge in [-0.2, -0.15) is 0 Å². The van der Waals surface area contributed by atoms with Gasteiger partial charge in [-0.05, 0) is 31.9 Å². The van der Waals surface area contributed by atoms with Gasteiger partial charge in [-0.3, -0.25) is 14.5 Å². The minimum Gasteiger partial charge on any atom is -0.378 e. The summed E-state index contributed by atoms with van der Waals surface area (Å²) in [5, 5.41) is 3.03. The van der Waals surface area contributed by atoms with Crippen LogP contribution >= 0.6 is 0 Å². The number of hydrogen-bond donors (Lipinski definition) is 1. The van der Waals surface area contributed by atoms with Crippen LogP contribution in [0.5, 0.6) is 0 Å². The molecule has 1 N–H and O–H groups in total. The number of aryl methyl sites for hydroxylation is 2. The minimum absolute atomic E-state index is 0.0356. The molecular formula is C23H30N4O4. The highest BCUT2D eigenvalue weighted by molar-refractivity contribution is 6.01. The van der Waals surface area contributed by atoms with Crippen molar-refractivity contribution in [3.63, 3.8) is 0 Å². The molecule has 8 heteroatoms. The molecule has 1 aromatic rings. The second-order valence-electron chi connectivity index (χ2n) is 8.32. The normalized spacial score (nSPS) is 21.5. The topological polar surface area (TPSA) is 82.2 Å². The van der Waals surface area contributed by atoms with Crippen molar-refractivity contribution in [2.45, 2.75) is 33.2 Å². The summed E-state index contributed by atoms with van der Waals surface area (Å²) in [5.41, 5.74) is 4.47. The van der Waals surface area contributed by atoms with Crippen LogP contribution in [0.2, 0.25) is 0 Å². The van der Waals surface area contributed by atoms with Gasteiger partial charge in [0.05, 0.1) is 37.1 Å². The number of rotatable bonds is 5. The van der Waals surface area contributed by atoms with Crippen LogP contribution in [0.1, 0.15) is 36.1 Å². The molecule has 3 aliphatic heterocycles. The Bertz CT molecular complexity index is 936. The predicted octanol–water partition coefficient (Wildman–Crippen LogP) is 1.73. The van der Waals surface area contributed by atoms with Crippen LogP contribution < -0.4 is 5.32 Å². The summed E-state index contributed by atoms with van der Waals surface area (Å²) in [7, 11) is 0. The van der Waals surface area contributed by atoms with Crippen LogP contribution in [0.15, 0.2) is 29.5 Å². The number of carbonyl (C=O) groups excluding carboxylic acids is 3. The fraction of sp³-hybridized carbons (Fsp3) is 0.522. The number of carbonyl (C=O) groups is 3. The number of morpholine rings is 1. The number of benzene rings is 1. The second kappa shape index (κ2) is 8.70. The zero-order chi connectivity index (χ0) is 22.1. The molecule has 8 nitrogen and oxygen atoms in total. The molecule has 1 atom stereocenters. The molecule has 4 rings (SSSR count). The molecule has 3 aliphatic rings. The van der Waals surface area contributed by atoms with Gasteiger partial charge in [0.2, 0.25) is 5.91 Å². The largest absolute Gasteiger partial charge is 0.378 e. The SMILES string of the molecule is CCN1C(=O)NC(c2ccc(C)cc2C)C2=C1CN(CCC(=O)N1CCOCC1)C2=O. The summed E-state index contributed by atoms with van der Waals surface area (Å²) in [4.78, 5) is 43.9. The van der Waals surface area contributed by atoms with Crippen molar-refractivity contribution in [2.75, 3.05) is 45.9 Å². The monoisotopic (exact) mass is 426 g/mol. The first-order valence-electron chi connectivity index (χ1n) is 10.9. The standard InChI is InChI=1S/C23H30N4O4/c1-4-27-18-14-26(8-7-19(28)25-9-11-31-12-10-25)22(29)20(18)21(24-23(27)30)17-6-5-15(2)13-16(17)3/h5-6,13,21H,4,7-12,14H2,1-3H3,(H,24,30). The number of ether oxygens (including phenoxy) is 1. The van der Waals surface area contributed by atoms with Gasteiger partial charge in [-0.1, -0.05) is 23.8 Å². The highest BCUT2D eigenvalue weighted by Gasteiger charge is 2.43. The highest BCUT2D eigenvalue weighted by atomic mass is 16.5. The number of amides is 4. The van der Waals surface area contributed by atoms with Crippen LogP contribution in [-0.4, -0.2) is 78.5 Å². The number of likely N-dealkylation sites (N-methyl/N-ethyl adjacent to an activating group) is 1. The maximum Gasteiger partial charge on any atom is 0.322 e. The number of hydrogen-bond acceptors (Lipinski definition) is 4. The van der Waals surface area contributed by atoms with Crippen LogP contribution in [-0.2, 0) is 14.3 Å². The lowest BCUT2D eigenvalue weighted by molar-refractivity contribution is -0.136. The number of nitrogens with zero attached hydrogens (tertiary/aromatic N) is 3. The van der Waals surface area contributed by atoms with E-state index in [0.29, 0.717) is 51.5 Å². The Balaban J connectivity index is 1.55. The highest BCUT2D eigenvalue weighted by Crippen LogP contribution is 2.37. The Morgan fingerprint density at radius 2 is 1.94 bits per heavy atom. The van der Waals surface area contributed by atoms with E-state index in [0.717, 1.165) is 22.4 Å². The molecule has 3 heterocycles. The molecule has 1 unspecified atom stereocenters. The lowest BCUT2D eigenvalue weighted by Gasteiger charge is -2.33. The summed E-state index contributed by atoms with van der Waals surface area (Å²) in [5.74, 6) is -0.0679. The summed E-state index contributed by atoms with van der Waals surface area (Å²) in [6, 6.07) is 5.38. The Hall–Kier alpha value is -2.87. The fourth-order valence-electron chi connectivity index (χ4n) is 4.65. The van der Waals surface area contributed by atoms with Gasteiger partial charge in [0, 0.05) is 32.6 Å². The molecular weight excluding hydrogens is 396 g/mol. The first kappa shape index (κ1) is 21.4. The minimum atomic E-state index is -0.474. The average molecular weight is 427 g/mol. The summed E-state index contributed by atoms with van der Waals surface area (Å²) in [6.45, 7) is 9.40. The second-order valence-corrected chi connectivity index (χ2v) is 8.32. The van der Waals surface area contributed by atoms with E-state index in [1.807, 2.05) is 32.9 Å². The molecule has 0 spiro atoms. The van der Waals surface area contributed by atoms with Crippen molar-refractivity contribution in [1.82, 2.24) is 20.0 Å². The smallest absolute Gasteiger partial charge is 0.322 e. The summed E-state index contributed by atoms with van der Waals surface area (Å²) >= 11 is 0. The molecule has 0 aromatic heterocycles. The lowest BCUT2D eigenvalue weighted by Crippen LogP contribution is -2.47. The summed E-state index contributed by atoms with van der Waals surface area (Å²) in [6.07, 6.45) is 0.272. The van der Waals surface area contributed by atoms with Crippen molar-refractivity contribution >= 4 is 17.8 Å². The molecule has 1 saturated heterocycles. The van der Waals surface area contributed by atoms with E-state index in [-0.39, 0.29) is 24.3 Å². The van der Waals surface area contributed by atoms with E-state index in [9.17, 15) is 14.4 Å². The molecule has 166 valence electrons. The molecule has 0 saturated carbocycles. The fourth-order valence-corrected chi connectivity index (χ4v) is 4.65. The van der Waals surface area contributed by atoms with Crippen LogP contribution in [0.4, 0.5) is 4.79 Å². The first-order valence-corrected chi connectivity index (χ1v) is 10.9. The van der Waals surface area contributed by atoms with Gasteiger partial charge in [0.1, 0.15) is 0 Å². The van der Waals surface area contributed by atoms with E-state index in [1.165, 1.54) is 0 Å². The van der Waals surface area contributed by atoms with Gasteiger partial charge in [-0.25, -0.2) is 4.79 Å². The van der Waals surface area contributed by atoms with Crippen LogP contribution in [0.3, 0.4) is 0 Å². The third kappa shape index (κ3) is 4.04. The Morgan fingerprint density at radius 1 is 1.19 bits per heavy atom. The van der Waals surface area contributed by atoms with Crippen molar-refractivity contribution in [3.05, 3.63) is 46.2 Å². The van der Waals surface area contributed by atoms with Crippen molar-refractivity contribution in [1.29, 1.82) is 0 Å². The maximum atomic E-state index is 13.4. The van der Waals surface area contributed by atoms with Crippen molar-refractivity contribution in [3.8, 4) is 0 Å². The lowest BCUT2D eigenvalue weighted by atomic mass is 9.91. The van der Waals surface area contributed by atoms with Gasteiger partial charge in [0.25, 0.3) is 5.91 Å². The number of nitrogens with one attached hydrogen (secondary N) is 1. The predicted molar refractivity (Wildman–Crippen MR) is 115 cm³/mol. The van der Waals surface area contributed by atoms with E-state index in [1.54, 1.807) is 14.7 Å². The molecule has 1 aromatic carbocycles. The van der Waals surface area contributed by atoms with E-state index in [2.05, 4.69) is 11.4 Å². The Labute approximate surface area is 182 Å². The summed E-state index contributed by atoms with van der Waals surface area (Å²) < 4.78 is 5.30. The van der Waals surface area contributed by atoms with E-state index in [4.69, 9.17) is 4.74 Å².